The summed E-state index contributed by atoms with van der Waals surface area (Å²) in [5, 5.41) is 0. The molecule has 0 atom stereocenters. The quantitative estimate of drug-likeness (QED) is 0.0424. The van der Waals surface area contributed by atoms with E-state index in [2.05, 4.69) is 13.2 Å². The van der Waals surface area contributed by atoms with Gasteiger partial charge in [0.15, 0.2) is 23.0 Å². The van der Waals surface area contributed by atoms with Crippen molar-refractivity contribution in [2.24, 2.45) is 0 Å². The number of benzene rings is 2. The Kier molecular flexibility index (Phi) is 21.7. The molecule has 0 radical (unpaired) electrons. The molecule has 0 N–H and O–H groups in total. The van der Waals surface area contributed by atoms with Gasteiger partial charge in [-0.25, -0.2) is 9.59 Å². The molecule has 0 heterocycles. The lowest BCUT2D eigenvalue weighted by Crippen LogP contribution is -2.27. The Morgan fingerprint density at radius 2 is 0.579 bits per heavy atom. The van der Waals surface area contributed by atoms with E-state index in [4.69, 9.17) is 47.4 Å². The Morgan fingerprint density at radius 1 is 0.386 bits per heavy atom. The Hall–Kier alpha value is -4.74. The van der Waals surface area contributed by atoms with Gasteiger partial charge in [-0.05, 0) is 51.4 Å². The van der Waals surface area contributed by atoms with Crippen molar-refractivity contribution >= 4 is 11.9 Å². The number of carbonyl (C=O) groups excluding carboxylic acids is 2. The average Bonchev–Trinajstić information content (AvgIpc) is 3.20. The summed E-state index contributed by atoms with van der Waals surface area (Å²) in [6, 6.07) is 0. The van der Waals surface area contributed by atoms with Gasteiger partial charge in [0.2, 0.25) is 34.5 Å². The highest BCUT2D eigenvalue weighted by molar-refractivity contribution is 5.88. The first-order valence-corrected chi connectivity index (χ1v) is 20.7. The number of ether oxygens (including phenoxy) is 10. The van der Waals surface area contributed by atoms with Gasteiger partial charge in [-0.15, -0.1) is 0 Å². The highest BCUT2D eigenvalue weighted by atomic mass is 16.6. The number of rotatable bonds is 30. The molecule has 0 spiro atoms. The molecule has 0 amide bonds. The van der Waals surface area contributed by atoms with Crippen LogP contribution in [0, 0.1) is 0 Å². The van der Waals surface area contributed by atoms with Crippen LogP contribution in [0.25, 0.3) is 0 Å². The van der Waals surface area contributed by atoms with Crippen molar-refractivity contribution in [3.8, 4) is 57.5 Å². The molecule has 57 heavy (non-hydrogen) atoms. The molecule has 0 aromatic heterocycles. The van der Waals surface area contributed by atoms with Gasteiger partial charge in [0.1, 0.15) is 0 Å². The molecule has 320 valence electrons. The van der Waals surface area contributed by atoms with Gasteiger partial charge in [0, 0.05) is 17.6 Å². The molecule has 2 rings (SSSR count). The van der Waals surface area contributed by atoms with Crippen molar-refractivity contribution in [3.63, 3.8) is 0 Å². The Morgan fingerprint density at radius 3 is 0.789 bits per heavy atom. The van der Waals surface area contributed by atoms with Crippen LogP contribution in [0.3, 0.4) is 0 Å². The van der Waals surface area contributed by atoms with E-state index >= 15 is 0 Å². The zero-order valence-electron chi connectivity index (χ0n) is 36.3. The maximum absolute atomic E-state index is 13.4. The predicted octanol–water partition coefficient (Wildman–Crippen LogP) is 10.5. The monoisotopic (exact) mass is 800 g/mol. The van der Waals surface area contributed by atoms with E-state index < -0.39 is 17.4 Å². The molecule has 0 aliphatic rings. The molecule has 2 aromatic carbocycles. The first-order valence-electron chi connectivity index (χ1n) is 20.7. The lowest BCUT2D eigenvalue weighted by atomic mass is 9.75. The van der Waals surface area contributed by atoms with Crippen LogP contribution < -0.4 is 47.4 Å². The van der Waals surface area contributed by atoms with Gasteiger partial charge in [0.25, 0.3) is 0 Å². The lowest BCUT2D eigenvalue weighted by Gasteiger charge is -2.36. The van der Waals surface area contributed by atoms with Gasteiger partial charge in [-0.2, -0.15) is 0 Å². The topological polar surface area (TPSA) is 126 Å². The molecule has 0 saturated carbocycles. The minimum Gasteiger partial charge on any atom is -0.489 e. The van der Waals surface area contributed by atoms with Gasteiger partial charge < -0.3 is 47.4 Å². The summed E-state index contributed by atoms with van der Waals surface area (Å²) in [5.41, 5.74) is -0.709. The summed E-state index contributed by atoms with van der Waals surface area (Å²) in [5.74, 6) is 0.344. The fourth-order valence-electron chi connectivity index (χ4n) is 5.71. The van der Waals surface area contributed by atoms with Gasteiger partial charge in [-0.1, -0.05) is 82.4 Å². The third-order valence-corrected chi connectivity index (χ3v) is 8.15. The van der Waals surface area contributed by atoms with Crippen molar-refractivity contribution in [3.05, 3.63) is 36.4 Å². The fraction of sp³-hybridized carbons (Fsp3) is 0.600. The van der Waals surface area contributed by atoms with Crippen LogP contribution in [-0.4, -0.2) is 64.8 Å². The van der Waals surface area contributed by atoms with Crippen LogP contribution in [-0.2, 0) is 15.0 Å². The molecule has 0 unspecified atom stereocenters. The van der Waals surface area contributed by atoms with Gasteiger partial charge in [-0.3, -0.25) is 0 Å². The summed E-state index contributed by atoms with van der Waals surface area (Å²) in [7, 11) is 0. The van der Waals surface area contributed by atoms with Crippen molar-refractivity contribution in [2.45, 2.75) is 126 Å². The third-order valence-electron chi connectivity index (χ3n) is 8.15. The minimum atomic E-state index is -1.37. The standard InChI is InChI=1S/C45H68O12/c1-13-23-48-35-33(37(56-31(46)21-9)41(52-27-17-5)43(54-29-19-7)39(35)50-25-15-3)45(11,12)34-36(49-24-14-2)40(51-26-16-4)44(55-30-20-8)42(53-28-18-6)38(34)57-32(47)22-10/h21-22H,9-10,13-20,23-30H2,1-8,11-12H3. The highest BCUT2D eigenvalue weighted by Crippen LogP contribution is 2.64. The van der Waals surface area contributed by atoms with Crippen LogP contribution in [0.15, 0.2) is 25.3 Å². The van der Waals surface area contributed by atoms with E-state index in [1.165, 1.54) is 0 Å². The van der Waals surface area contributed by atoms with Crippen molar-refractivity contribution in [1.82, 2.24) is 0 Å². The first kappa shape index (κ1) is 48.4. The summed E-state index contributed by atoms with van der Waals surface area (Å²) in [4.78, 5) is 26.8. The second kappa shape index (κ2) is 25.5. The molecule has 0 aliphatic heterocycles. The number of carbonyl (C=O) groups is 2. The van der Waals surface area contributed by atoms with Crippen LogP contribution in [0.5, 0.6) is 57.5 Å². The second-order valence-corrected chi connectivity index (χ2v) is 13.7. The first-order chi connectivity index (χ1) is 27.5. The van der Waals surface area contributed by atoms with E-state index in [9.17, 15) is 9.59 Å². The van der Waals surface area contributed by atoms with E-state index in [1.54, 1.807) is 0 Å². The number of esters is 2. The van der Waals surface area contributed by atoms with Crippen molar-refractivity contribution in [1.29, 1.82) is 0 Å². The van der Waals surface area contributed by atoms with Crippen LogP contribution in [0.4, 0.5) is 0 Å². The second-order valence-electron chi connectivity index (χ2n) is 13.7. The number of hydrogen-bond donors (Lipinski definition) is 0. The summed E-state index contributed by atoms with van der Waals surface area (Å²) < 4.78 is 64.5. The molecular formula is C45H68O12. The Bertz CT molecular complexity index is 1480. The minimum absolute atomic E-state index is 0.0141. The summed E-state index contributed by atoms with van der Waals surface area (Å²) in [6.45, 7) is 29.3. The van der Waals surface area contributed by atoms with Gasteiger partial charge in [0.05, 0.1) is 64.0 Å². The van der Waals surface area contributed by atoms with Crippen LogP contribution in [0.1, 0.15) is 132 Å². The number of hydrogen-bond acceptors (Lipinski definition) is 12. The van der Waals surface area contributed by atoms with E-state index in [0.29, 0.717) is 88.9 Å². The molecule has 0 bridgehead atoms. The zero-order chi connectivity index (χ0) is 42.4. The smallest absolute Gasteiger partial charge is 0.335 e. The molecule has 12 heteroatoms. The average molecular weight is 801 g/mol. The summed E-state index contributed by atoms with van der Waals surface area (Å²) >= 11 is 0. The van der Waals surface area contributed by atoms with E-state index in [-0.39, 0.29) is 83.9 Å². The van der Waals surface area contributed by atoms with Gasteiger partial charge >= 0.3 is 11.9 Å². The zero-order valence-corrected chi connectivity index (χ0v) is 36.3. The molecule has 0 aliphatic carbocycles. The third kappa shape index (κ3) is 12.6. The molecule has 12 nitrogen and oxygen atoms in total. The Balaban J connectivity index is 3.61. The molecule has 0 saturated heterocycles. The normalized spacial score (nSPS) is 11.0. The molecule has 2 aromatic rings. The predicted molar refractivity (Wildman–Crippen MR) is 223 cm³/mol. The van der Waals surface area contributed by atoms with Crippen LogP contribution >= 0.6 is 0 Å². The van der Waals surface area contributed by atoms with E-state index in [0.717, 1.165) is 12.2 Å². The Labute approximate surface area is 341 Å². The molecular weight excluding hydrogens is 732 g/mol. The van der Waals surface area contributed by atoms with Crippen molar-refractivity contribution in [2.75, 3.05) is 52.9 Å². The van der Waals surface area contributed by atoms with Crippen molar-refractivity contribution < 1.29 is 57.0 Å². The maximum atomic E-state index is 13.4. The summed E-state index contributed by atoms with van der Waals surface area (Å²) in [6.07, 6.45) is 7.35. The highest BCUT2D eigenvalue weighted by Gasteiger charge is 2.46. The molecule has 0 fully saturated rings. The maximum Gasteiger partial charge on any atom is 0.335 e. The van der Waals surface area contributed by atoms with E-state index in [1.807, 2.05) is 69.2 Å². The lowest BCUT2D eigenvalue weighted by molar-refractivity contribution is -0.130. The fourth-order valence-corrected chi connectivity index (χ4v) is 5.71. The largest absolute Gasteiger partial charge is 0.489 e. The van der Waals surface area contributed by atoms with Crippen LogP contribution in [0.2, 0.25) is 0 Å². The SMILES string of the molecule is C=CC(=O)Oc1c(OCCC)c(OCCC)c(OCCC)c(OCCC)c1C(C)(C)c1c(OCCC)c(OCCC)c(OCCC)c(OCCC)c1OC(=O)C=C.